The van der Waals surface area contributed by atoms with Crippen molar-refractivity contribution in [1.82, 2.24) is 14.9 Å². The van der Waals surface area contributed by atoms with Crippen LogP contribution in [-0.4, -0.2) is 15.5 Å². The average Bonchev–Trinajstić information content (AvgIpc) is 3.11. The second kappa shape index (κ2) is 9.16. The van der Waals surface area contributed by atoms with Crippen molar-refractivity contribution in [2.24, 2.45) is 0 Å². The summed E-state index contributed by atoms with van der Waals surface area (Å²) in [7, 11) is 0. The number of carbonyl (C=O) groups is 1. The van der Waals surface area contributed by atoms with Gasteiger partial charge in [0.25, 0.3) is 0 Å². The molecule has 0 bridgehead atoms. The predicted molar refractivity (Wildman–Crippen MR) is 123 cm³/mol. The molecule has 4 rings (SSSR count). The van der Waals surface area contributed by atoms with Crippen molar-refractivity contribution in [1.29, 1.82) is 0 Å². The van der Waals surface area contributed by atoms with Crippen LogP contribution in [0, 0.1) is 0 Å². The van der Waals surface area contributed by atoms with Crippen LogP contribution >= 0.6 is 23.2 Å². The zero-order valence-corrected chi connectivity index (χ0v) is 17.6. The van der Waals surface area contributed by atoms with Crippen LogP contribution in [0.2, 0.25) is 10.0 Å². The maximum Gasteiger partial charge on any atom is 0.244 e. The molecule has 0 spiro atoms. The Balaban J connectivity index is 1.54. The van der Waals surface area contributed by atoms with Gasteiger partial charge in [-0.2, -0.15) is 0 Å². The number of imidazole rings is 1. The van der Waals surface area contributed by atoms with E-state index in [0.29, 0.717) is 23.1 Å². The minimum absolute atomic E-state index is 0.174. The molecule has 3 aromatic carbocycles. The molecule has 0 fully saturated rings. The third-order valence-electron chi connectivity index (χ3n) is 4.71. The maximum atomic E-state index is 12.3. The highest BCUT2D eigenvalue weighted by atomic mass is 35.5. The standard InChI is InChI=1S/C24H19Cl2N3O/c25-19-12-10-18(14-20(19)26)16-29-22-9-5-4-8-21(22)28-23(29)15-27-24(30)13-11-17-6-2-1-3-7-17/h1-14H,15-16H2,(H,27,30)/b13-11-. The van der Waals surface area contributed by atoms with Crippen LogP contribution in [0.5, 0.6) is 0 Å². The molecule has 0 atom stereocenters. The quantitative estimate of drug-likeness (QED) is 0.393. The molecular formula is C24H19Cl2N3O. The van der Waals surface area contributed by atoms with Crippen molar-refractivity contribution in [3.63, 3.8) is 0 Å². The Labute approximate surface area is 184 Å². The lowest BCUT2D eigenvalue weighted by Crippen LogP contribution is -2.23. The first-order chi connectivity index (χ1) is 14.6. The van der Waals surface area contributed by atoms with Gasteiger partial charge in [-0.15, -0.1) is 0 Å². The SMILES string of the molecule is O=C(/C=C\c1ccccc1)NCc1nc2ccccc2n1Cc1ccc(Cl)c(Cl)c1. The molecule has 150 valence electrons. The summed E-state index contributed by atoms with van der Waals surface area (Å²) in [5.74, 6) is 0.593. The van der Waals surface area contributed by atoms with E-state index in [0.717, 1.165) is 28.0 Å². The van der Waals surface area contributed by atoms with E-state index in [1.165, 1.54) is 6.08 Å². The normalized spacial score (nSPS) is 11.3. The van der Waals surface area contributed by atoms with Gasteiger partial charge >= 0.3 is 0 Å². The smallest absolute Gasteiger partial charge is 0.244 e. The van der Waals surface area contributed by atoms with Crippen LogP contribution in [-0.2, 0) is 17.9 Å². The van der Waals surface area contributed by atoms with Crippen LogP contribution in [0.4, 0.5) is 0 Å². The van der Waals surface area contributed by atoms with E-state index in [2.05, 4.69) is 9.88 Å². The van der Waals surface area contributed by atoms with E-state index >= 15 is 0 Å². The molecule has 0 saturated carbocycles. The van der Waals surface area contributed by atoms with Crippen molar-refractivity contribution in [3.05, 3.63) is 106 Å². The zero-order valence-electron chi connectivity index (χ0n) is 16.1. The van der Waals surface area contributed by atoms with Gasteiger partial charge in [-0.3, -0.25) is 4.79 Å². The number of rotatable bonds is 6. The Morgan fingerprint density at radius 1 is 0.967 bits per heavy atom. The molecule has 4 nitrogen and oxygen atoms in total. The van der Waals surface area contributed by atoms with Crippen LogP contribution in [0.1, 0.15) is 17.0 Å². The summed E-state index contributed by atoms with van der Waals surface area (Å²) in [5.41, 5.74) is 3.85. The number of hydrogen-bond acceptors (Lipinski definition) is 2. The first-order valence-corrected chi connectivity index (χ1v) is 10.2. The number of amides is 1. The number of hydrogen-bond donors (Lipinski definition) is 1. The Hall–Kier alpha value is -3.08. The highest BCUT2D eigenvalue weighted by Crippen LogP contribution is 2.24. The molecule has 1 amide bonds. The molecule has 1 heterocycles. The molecule has 1 N–H and O–H groups in total. The van der Waals surface area contributed by atoms with Gasteiger partial charge in [0.15, 0.2) is 0 Å². The molecule has 4 aromatic rings. The van der Waals surface area contributed by atoms with E-state index in [9.17, 15) is 4.79 Å². The van der Waals surface area contributed by atoms with E-state index < -0.39 is 0 Å². The van der Waals surface area contributed by atoms with Crippen LogP contribution in [0.15, 0.2) is 78.9 Å². The Morgan fingerprint density at radius 2 is 1.73 bits per heavy atom. The fraction of sp³-hybridized carbons (Fsp3) is 0.0833. The van der Waals surface area contributed by atoms with Gasteiger partial charge in [-0.1, -0.05) is 71.7 Å². The van der Waals surface area contributed by atoms with E-state index in [4.69, 9.17) is 28.2 Å². The van der Waals surface area contributed by atoms with Crippen molar-refractivity contribution in [2.75, 3.05) is 0 Å². The molecule has 0 radical (unpaired) electrons. The predicted octanol–water partition coefficient (Wildman–Crippen LogP) is 5.72. The summed E-state index contributed by atoms with van der Waals surface area (Å²) in [6, 6.07) is 23.2. The number of nitrogens with one attached hydrogen (secondary N) is 1. The average molecular weight is 436 g/mol. The van der Waals surface area contributed by atoms with Gasteiger partial charge in [-0.05, 0) is 41.5 Å². The number of para-hydroxylation sites is 2. The molecule has 30 heavy (non-hydrogen) atoms. The molecular weight excluding hydrogens is 417 g/mol. The van der Waals surface area contributed by atoms with Gasteiger partial charge in [0.05, 0.1) is 27.6 Å². The number of nitrogens with zero attached hydrogens (tertiary/aromatic N) is 2. The first-order valence-electron chi connectivity index (χ1n) is 9.49. The third-order valence-corrected chi connectivity index (χ3v) is 5.44. The largest absolute Gasteiger partial charge is 0.345 e. The number of aromatic nitrogens is 2. The van der Waals surface area contributed by atoms with Crippen molar-refractivity contribution < 1.29 is 4.79 Å². The van der Waals surface area contributed by atoms with Gasteiger partial charge in [0.1, 0.15) is 5.82 Å². The first kappa shape index (κ1) is 20.2. The van der Waals surface area contributed by atoms with Gasteiger partial charge in [0, 0.05) is 12.6 Å². The fourth-order valence-electron chi connectivity index (χ4n) is 3.22. The minimum Gasteiger partial charge on any atom is -0.345 e. The molecule has 0 saturated heterocycles. The lowest BCUT2D eigenvalue weighted by atomic mass is 10.2. The summed E-state index contributed by atoms with van der Waals surface area (Å²) in [4.78, 5) is 17.0. The van der Waals surface area contributed by atoms with Crippen molar-refractivity contribution >= 4 is 46.2 Å². The molecule has 0 aliphatic carbocycles. The monoisotopic (exact) mass is 435 g/mol. The molecule has 0 unspecified atom stereocenters. The molecule has 0 aliphatic heterocycles. The Kier molecular flexibility index (Phi) is 6.17. The summed E-state index contributed by atoms with van der Waals surface area (Å²) in [5, 5.41) is 3.96. The summed E-state index contributed by atoms with van der Waals surface area (Å²) in [6.45, 7) is 0.885. The number of carbonyl (C=O) groups excluding carboxylic acids is 1. The summed E-state index contributed by atoms with van der Waals surface area (Å²) >= 11 is 12.2. The minimum atomic E-state index is -0.174. The van der Waals surface area contributed by atoms with E-state index in [1.807, 2.05) is 66.7 Å². The van der Waals surface area contributed by atoms with Crippen molar-refractivity contribution in [2.45, 2.75) is 13.1 Å². The van der Waals surface area contributed by atoms with Crippen molar-refractivity contribution in [3.8, 4) is 0 Å². The lowest BCUT2D eigenvalue weighted by Gasteiger charge is -2.11. The van der Waals surface area contributed by atoms with E-state index in [1.54, 1.807) is 12.1 Å². The molecule has 6 heteroatoms. The number of fused-ring (bicyclic) bond motifs is 1. The summed E-state index contributed by atoms with van der Waals surface area (Å²) in [6.07, 6.45) is 3.31. The molecule has 0 aliphatic rings. The zero-order chi connectivity index (χ0) is 20.9. The van der Waals surface area contributed by atoms with Crippen LogP contribution in [0.25, 0.3) is 17.1 Å². The van der Waals surface area contributed by atoms with Gasteiger partial charge in [-0.25, -0.2) is 4.98 Å². The number of halogens is 2. The van der Waals surface area contributed by atoms with Crippen LogP contribution < -0.4 is 5.32 Å². The van der Waals surface area contributed by atoms with E-state index in [-0.39, 0.29) is 5.91 Å². The second-order valence-electron chi connectivity index (χ2n) is 6.81. The third kappa shape index (κ3) is 4.73. The van der Waals surface area contributed by atoms with Crippen LogP contribution in [0.3, 0.4) is 0 Å². The highest BCUT2D eigenvalue weighted by Gasteiger charge is 2.12. The Morgan fingerprint density at radius 3 is 2.53 bits per heavy atom. The second-order valence-corrected chi connectivity index (χ2v) is 7.63. The highest BCUT2D eigenvalue weighted by molar-refractivity contribution is 6.42. The number of benzene rings is 3. The van der Waals surface area contributed by atoms with Gasteiger partial charge < -0.3 is 9.88 Å². The topological polar surface area (TPSA) is 46.9 Å². The fourth-order valence-corrected chi connectivity index (χ4v) is 3.54. The maximum absolute atomic E-state index is 12.3. The lowest BCUT2D eigenvalue weighted by molar-refractivity contribution is -0.116. The molecule has 1 aromatic heterocycles. The van der Waals surface area contributed by atoms with Gasteiger partial charge in [0.2, 0.25) is 5.91 Å². The Bertz CT molecular complexity index is 1220. The summed E-state index contributed by atoms with van der Waals surface area (Å²) < 4.78 is 2.08.